The molecule has 0 aliphatic rings. The molecule has 0 heterocycles. The second-order valence-corrected chi connectivity index (χ2v) is 9.16. The maximum atomic E-state index is 13.5. The van der Waals surface area contributed by atoms with Crippen LogP contribution in [0.15, 0.2) is 83.3 Å². The minimum absolute atomic E-state index is 0.201. The van der Waals surface area contributed by atoms with Crippen LogP contribution in [0.1, 0.15) is 30.9 Å². The van der Waals surface area contributed by atoms with Crippen molar-refractivity contribution in [2.75, 3.05) is 13.2 Å². The molecule has 184 valence electrons. The summed E-state index contributed by atoms with van der Waals surface area (Å²) in [5.41, 5.74) is 1.84. The molecule has 2 amide bonds. The largest absolute Gasteiger partial charge is 0.484 e. The number of nitrogens with one attached hydrogen (secondary N) is 1. The fraction of sp³-hybridized carbons (Fsp3) is 0.286. The molecule has 3 aromatic carbocycles. The van der Waals surface area contributed by atoms with Crippen molar-refractivity contribution in [1.82, 2.24) is 10.2 Å². The number of benzene rings is 3. The van der Waals surface area contributed by atoms with Crippen LogP contribution in [-0.4, -0.2) is 35.9 Å². The zero-order valence-corrected chi connectivity index (χ0v) is 21.3. The summed E-state index contributed by atoms with van der Waals surface area (Å²) < 4.78 is 19.8. The number of nitrogens with zero attached hydrogens (tertiary/aromatic N) is 1. The van der Waals surface area contributed by atoms with E-state index < -0.39 is 6.04 Å². The first-order valence-corrected chi connectivity index (χ1v) is 12.5. The lowest BCUT2D eigenvalue weighted by Crippen LogP contribution is -2.51. The molecule has 0 radical (unpaired) electrons. The molecular weight excluding hydrogens is 511 g/mol. The third kappa shape index (κ3) is 8.51. The van der Waals surface area contributed by atoms with Gasteiger partial charge in [0.15, 0.2) is 6.61 Å². The molecule has 0 aliphatic carbocycles. The molecule has 1 N–H and O–H groups in total. The van der Waals surface area contributed by atoms with E-state index in [-0.39, 0.29) is 30.8 Å². The molecule has 5 nitrogen and oxygen atoms in total. The first-order valence-electron chi connectivity index (χ1n) is 11.7. The number of hydrogen-bond acceptors (Lipinski definition) is 3. The summed E-state index contributed by atoms with van der Waals surface area (Å²) in [5.74, 6) is -0.533. The van der Waals surface area contributed by atoms with E-state index in [1.54, 1.807) is 4.90 Å². The summed E-state index contributed by atoms with van der Waals surface area (Å²) in [4.78, 5) is 28.4. The van der Waals surface area contributed by atoms with Gasteiger partial charge in [0, 0.05) is 24.0 Å². The van der Waals surface area contributed by atoms with E-state index in [0.29, 0.717) is 18.7 Å². The zero-order chi connectivity index (χ0) is 25.0. The molecule has 0 aliphatic heterocycles. The Morgan fingerprint density at radius 3 is 2.40 bits per heavy atom. The number of carbonyl (C=O) groups is 2. The molecule has 0 unspecified atom stereocenters. The fourth-order valence-electron chi connectivity index (χ4n) is 3.65. The molecule has 0 spiro atoms. The third-order valence-electron chi connectivity index (χ3n) is 5.52. The van der Waals surface area contributed by atoms with E-state index in [2.05, 4.69) is 28.2 Å². The summed E-state index contributed by atoms with van der Waals surface area (Å²) in [6.45, 7) is 2.58. The summed E-state index contributed by atoms with van der Waals surface area (Å²) in [6.07, 6.45) is 2.18. The summed E-state index contributed by atoms with van der Waals surface area (Å²) in [7, 11) is 0. The number of halogens is 2. The van der Waals surface area contributed by atoms with E-state index in [1.807, 2.05) is 54.6 Å². The molecule has 0 saturated heterocycles. The zero-order valence-electron chi connectivity index (χ0n) is 19.8. The minimum Gasteiger partial charge on any atom is -0.484 e. The van der Waals surface area contributed by atoms with Crippen LogP contribution < -0.4 is 10.1 Å². The summed E-state index contributed by atoms with van der Waals surface area (Å²) >= 11 is 3.48. The predicted octanol–water partition coefficient (Wildman–Crippen LogP) is 5.52. The second kappa shape index (κ2) is 13.6. The Bertz CT molecular complexity index is 1090. The van der Waals surface area contributed by atoms with Gasteiger partial charge in [0.25, 0.3) is 5.91 Å². The number of rotatable bonds is 12. The predicted molar refractivity (Wildman–Crippen MR) is 138 cm³/mol. The van der Waals surface area contributed by atoms with Gasteiger partial charge in [0.1, 0.15) is 17.6 Å². The molecule has 0 fully saturated rings. The highest BCUT2D eigenvalue weighted by atomic mass is 79.9. The Labute approximate surface area is 214 Å². The number of hydrogen-bond donors (Lipinski definition) is 1. The Kier molecular flexibility index (Phi) is 10.3. The van der Waals surface area contributed by atoms with Crippen LogP contribution in [0, 0.1) is 5.82 Å². The van der Waals surface area contributed by atoms with Crippen molar-refractivity contribution in [3.63, 3.8) is 0 Å². The van der Waals surface area contributed by atoms with Crippen molar-refractivity contribution >= 4 is 27.7 Å². The molecule has 0 saturated carbocycles. The highest BCUT2D eigenvalue weighted by Crippen LogP contribution is 2.19. The average Bonchev–Trinajstić information content (AvgIpc) is 2.86. The van der Waals surface area contributed by atoms with Crippen molar-refractivity contribution in [2.45, 2.75) is 38.8 Å². The van der Waals surface area contributed by atoms with Crippen LogP contribution in [0.5, 0.6) is 5.75 Å². The minimum atomic E-state index is -0.724. The van der Waals surface area contributed by atoms with Crippen LogP contribution in [0.25, 0.3) is 0 Å². The van der Waals surface area contributed by atoms with Gasteiger partial charge in [-0.3, -0.25) is 9.59 Å². The Hall–Kier alpha value is -3.19. The van der Waals surface area contributed by atoms with Crippen LogP contribution in [0.4, 0.5) is 4.39 Å². The molecule has 7 heteroatoms. The molecule has 0 aromatic heterocycles. The number of unbranched alkanes of at least 4 members (excludes halogenated alkanes) is 1. The van der Waals surface area contributed by atoms with Gasteiger partial charge in [-0.05, 0) is 53.9 Å². The quantitative estimate of drug-likeness (QED) is 0.307. The number of amides is 2. The maximum Gasteiger partial charge on any atom is 0.261 e. The standard InChI is InChI=1S/C28H30BrFN2O3/c1-2-3-16-31-28(34)26(18-21-8-5-4-6-9-21)32(19-22-10-7-11-23(29)17-22)27(33)20-35-25-14-12-24(30)13-15-25/h4-15,17,26H,2-3,16,18-20H2,1H3,(H,31,34)/t26-/m1/s1. The van der Waals surface area contributed by atoms with Crippen molar-refractivity contribution in [1.29, 1.82) is 0 Å². The van der Waals surface area contributed by atoms with Crippen molar-refractivity contribution in [3.8, 4) is 5.75 Å². The lowest BCUT2D eigenvalue weighted by Gasteiger charge is -2.31. The van der Waals surface area contributed by atoms with Crippen LogP contribution in [-0.2, 0) is 22.6 Å². The van der Waals surface area contributed by atoms with E-state index >= 15 is 0 Å². The fourth-order valence-corrected chi connectivity index (χ4v) is 4.10. The first-order chi connectivity index (χ1) is 17.0. The van der Waals surface area contributed by atoms with Crippen molar-refractivity contribution in [3.05, 3.63) is 100 Å². The van der Waals surface area contributed by atoms with Crippen LogP contribution in [0.2, 0.25) is 0 Å². The third-order valence-corrected chi connectivity index (χ3v) is 6.01. The summed E-state index contributed by atoms with van der Waals surface area (Å²) in [6, 6.07) is 22.1. The molecule has 1 atom stereocenters. The second-order valence-electron chi connectivity index (χ2n) is 8.24. The molecule has 35 heavy (non-hydrogen) atoms. The lowest BCUT2D eigenvalue weighted by atomic mass is 10.0. The summed E-state index contributed by atoms with van der Waals surface area (Å²) in [5, 5.41) is 2.99. The van der Waals surface area contributed by atoms with Gasteiger partial charge in [-0.1, -0.05) is 71.7 Å². The van der Waals surface area contributed by atoms with E-state index in [4.69, 9.17) is 4.74 Å². The Balaban J connectivity index is 1.87. The highest BCUT2D eigenvalue weighted by Gasteiger charge is 2.30. The maximum absolute atomic E-state index is 13.5. The lowest BCUT2D eigenvalue weighted by molar-refractivity contribution is -0.142. The highest BCUT2D eigenvalue weighted by molar-refractivity contribution is 9.10. The topological polar surface area (TPSA) is 58.6 Å². The van der Waals surface area contributed by atoms with Gasteiger partial charge >= 0.3 is 0 Å². The van der Waals surface area contributed by atoms with Crippen LogP contribution >= 0.6 is 15.9 Å². The molecular formula is C28H30BrFN2O3. The Morgan fingerprint density at radius 2 is 1.71 bits per heavy atom. The SMILES string of the molecule is CCCCNC(=O)[C@@H](Cc1ccccc1)N(Cc1cccc(Br)c1)C(=O)COc1ccc(F)cc1. The van der Waals surface area contributed by atoms with Gasteiger partial charge in [0.05, 0.1) is 0 Å². The van der Waals surface area contributed by atoms with Crippen molar-refractivity contribution < 1.29 is 18.7 Å². The van der Waals surface area contributed by atoms with Gasteiger partial charge < -0.3 is 15.0 Å². The monoisotopic (exact) mass is 540 g/mol. The number of carbonyl (C=O) groups excluding carboxylic acids is 2. The van der Waals surface area contributed by atoms with Crippen molar-refractivity contribution in [2.24, 2.45) is 0 Å². The first kappa shape index (κ1) is 26.4. The normalized spacial score (nSPS) is 11.5. The van der Waals surface area contributed by atoms with E-state index in [0.717, 1.165) is 28.4 Å². The molecule has 0 bridgehead atoms. The van der Waals surface area contributed by atoms with Gasteiger partial charge in [-0.2, -0.15) is 0 Å². The van der Waals surface area contributed by atoms with Gasteiger partial charge in [-0.25, -0.2) is 4.39 Å². The molecule has 3 aromatic rings. The average molecular weight is 541 g/mol. The van der Waals surface area contributed by atoms with Gasteiger partial charge in [0.2, 0.25) is 5.91 Å². The smallest absolute Gasteiger partial charge is 0.261 e. The van der Waals surface area contributed by atoms with Crippen LogP contribution in [0.3, 0.4) is 0 Å². The Morgan fingerprint density at radius 1 is 1.00 bits per heavy atom. The number of ether oxygens (including phenoxy) is 1. The van der Waals surface area contributed by atoms with Gasteiger partial charge in [-0.15, -0.1) is 0 Å². The van der Waals surface area contributed by atoms with E-state index in [9.17, 15) is 14.0 Å². The molecule has 3 rings (SSSR count). The van der Waals surface area contributed by atoms with E-state index in [1.165, 1.54) is 24.3 Å².